The molecule has 0 aliphatic rings. The highest BCUT2D eigenvalue weighted by atomic mass is 16.5. The maximum Gasteiger partial charge on any atom is 0.303 e. The molecule has 19 heavy (non-hydrogen) atoms. The van der Waals surface area contributed by atoms with E-state index in [1.54, 1.807) is 7.05 Å². The molecule has 1 rings (SSSR count). The molecule has 0 aromatic heterocycles. The summed E-state index contributed by atoms with van der Waals surface area (Å²) in [5.74, 6) is -0.319. The van der Waals surface area contributed by atoms with Gasteiger partial charge in [0, 0.05) is 20.0 Å². The molecule has 0 unspecified atom stereocenters. The number of hydrogen-bond donors (Lipinski definition) is 1. The van der Waals surface area contributed by atoms with Crippen molar-refractivity contribution < 1.29 is 19.4 Å². The normalized spacial score (nSPS) is 10.0. The van der Waals surface area contributed by atoms with Crippen LogP contribution in [0.3, 0.4) is 0 Å². The molecule has 5 nitrogen and oxygen atoms in total. The summed E-state index contributed by atoms with van der Waals surface area (Å²) in [4.78, 5) is 23.6. The highest BCUT2D eigenvalue weighted by Crippen LogP contribution is 2.15. The van der Waals surface area contributed by atoms with Gasteiger partial charge in [-0.2, -0.15) is 0 Å². The van der Waals surface area contributed by atoms with Gasteiger partial charge in [0.15, 0.2) is 6.61 Å². The van der Waals surface area contributed by atoms with Crippen LogP contribution in [-0.4, -0.2) is 42.1 Å². The Bertz CT molecular complexity index is 445. The number of hydrogen-bond acceptors (Lipinski definition) is 3. The minimum Gasteiger partial charge on any atom is -0.484 e. The second kappa shape index (κ2) is 7.41. The van der Waals surface area contributed by atoms with E-state index in [0.29, 0.717) is 18.7 Å². The molecule has 1 aromatic carbocycles. The van der Waals surface area contributed by atoms with Crippen LogP contribution in [0.4, 0.5) is 0 Å². The van der Waals surface area contributed by atoms with Crippen LogP contribution in [0.15, 0.2) is 24.3 Å². The predicted molar refractivity (Wildman–Crippen MR) is 71.2 cm³/mol. The van der Waals surface area contributed by atoms with Crippen LogP contribution in [0.5, 0.6) is 5.75 Å². The number of aryl methyl sites for hydroxylation is 1. The Kier molecular flexibility index (Phi) is 5.85. The number of carbonyl (C=O) groups excluding carboxylic acids is 1. The number of aliphatic carboxylic acids is 1. The fraction of sp³-hybridized carbons (Fsp3) is 0.429. The van der Waals surface area contributed by atoms with E-state index in [1.165, 1.54) is 4.90 Å². The molecule has 0 aliphatic carbocycles. The number of ether oxygens (including phenoxy) is 1. The Morgan fingerprint density at radius 2 is 2.00 bits per heavy atom. The van der Waals surface area contributed by atoms with E-state index in [-0.39, 0.29) is 18.9 Å². The molecule has 0 radical (unpaired) electrons. The summed E-state index contributed by atoms with van der Waals surface area (Å²) in [6.07, 6.45) is 0.512. The Labute approximate surface area is 112 Å². The van der Waals surface area contributed by atoms with Crippen LogP contribution in [0.1, 0.15) is 18.4 Å². The molecule has 0 aliphatic heterocycles. The molecular weight excluding hydrogens is 246 g/mol. The zero-order chi connectivity index (χ0) is 14.3. The number of carboxylic acid groups (broad SMARTS) is 1. The van der Waals surface area contributed by atoms with Crippen molar-refractivity contribution >= 4 is 11.9 Å². The lowest BCUT2D eigenvalue weighted by Gasteiger charge is -2.17. The van der Waals surface area contributed by atoms with Gasteiger partial charge >= 0.3 is 5.97 Å². The second-order valence-electron chi connectivity index (χ2n) is 4.37. The summed E-state index contributed by atoms with van der Waals surface area (Å²) in [6, 6.07) is 7.48. The summed E-state index contributed by atoms with van der Waals surface area (Å²) < 4.78 is 5.44. The van der Waals surface area contributed by atoms with Gasteiger partial charge in [-0.25, -0.2) is 0 Å². The van der Waals surface area contributed by atoms with Crippen molar-refractivity contribution in [3.8, 4) is 5.75 Å². The molecule has 0 fully saturated rings. The van der Waals surface area contributed by atoms with Crippen LogP contribution in [0, 0.1) is 6.92 Å². The first-order chi connectivity index (χ1) is 9.00. The zero-order valence-corrected chi connectivity index (χ0v) is 11.3. The summed E-state index contributed by atoms with van der Waals surface area (Å²) >= 11 is 0. The first-order valence-corrected chi connectivity index (χ1v) is 6.15. The fourth-order valence-electron chi connectivity index (χ4n) is 1.56. The molecule has 0 atom stereocenters. The molecule has 5 heteroatoms. The van der Waals surface area contributed by atoms with Gasteiger partial charge in [0.2, 0.25) is 0 Å². The molecule has 1 aromatic rings. The molecule has 1 N–H and O–H groups in total. The van der Waals surface area contributed by atoms with Gasteiger partial charge in [-0.1, -0.05) is 18.2 Å². The van der Waals surface area contributed by atoms with E-state index in [9.17, 15) is 9.59 Å². The minimum atomic E-state index is -0.850. The van der Waals surface area contributed by atoms with E-state index >= 15 is 0 Å². The van der Waals surface area contributed by atoms with Crippen molar-refractivity contribution in [2.24, 2.45) is 0 Å². The predicted octanol–water partition coefficient (Wildman–Crippen LogP) is 1.70. The van der Waals surface area contributed by atoms with Crippen LogP contribution >= 0.6 is 0 Å². The first kappa shape index (κ1) is 15.0. The third-order valence-corrected chi connectivity index (χ3v) is 2.75. The second-order valence-corrected chi connectivity index (χ2v) is 4.37. The van der Waals surface area contributed by atoms with Crippen molar-refractivity contribution in [2.45, 2.75) is 19.8 Å². The molecule has 0 saturated carbocycles. The number of rotatable bonds is 7. The average Bonchev–Trinajstić information content (AvgIpc) is 2.36. The summed E-state index contributed by atoms with van der Waals surface area (Å²) in [6.45, 7) is 2.30. The lowest BCUT2D eigenvalue weighted by Crippen LogP contribution is -2.32. The Morgan fingerprint density at radius 1 is 1.32 bits per heavy atom. The van der Waals surface area contributed by atoms with E-state index in [2.05, 4.69) is 0 Å². The zero-order valence-electron chi connectivity index (χ0n) is 11.3. The molecule has 1 amide bonds. The maximum atomic E-state index is 11.8. The topological polar surface area (TPSA) is 66.8 Å². The summed E-state index contributed by atoms with van der Waals surface area (Å²) in [5.41, 5.74) is 0.976. The van der Waals surface area contributed by atoms with Crippen LogP contribution in [-0.2, 0) is 9.59 Å². The van der Waals surface area contributed by atoms with E-state index < -0.39 is 5.97 Å². The van der Waals surface area contributed by atoms with Crippen molar-refractivity contribution in [3.05, 3.63) is 29.8 Å². The highest BCUT2D eigenvalue weighted by molar-refractivity contribution is 5.77. The smallest absolute Gasteiger partial charge is 0.303 e. The standard InChI is InChI=1S/C14H19NO4/c1-11-6-3-4-7-12(11)19-10-13(16)15(2)9-5-8-14(17)18/h3-4,6-7H,5,8-10H2,1-2H3,(H,17,18). The molecule has 0 spiro atoms. The average molecular weight is 265 g/mol. The quantitative estimate of drug-likeness (QED) is 0.814. The van der Waals surface area contributed by atoms with Gasteiger partial charge in [-0.05, 0) is 25.0 Å². The SMILES string of the molecule is Cc1ccccc1OCC(=O)N(C)CCCC(=O)O. The molecule has 0 bridgehead atoms. The monoisotopic (exact) mass is 265 g/mol. The molecule has 0 saturated heterocycles. The van der Waals surface area contributed by atoms with Crippen LogP contribution in [0.2, 0.25) is 0 Å². The van der Waals surface area contributed by atoms with Gasteiger partial charge in [-0.3, -0.25) is 9.59 Å². The third kappa shape index (κ3) is 5.42. The van der Waals surface area contributed by atoms with E-state index in [1.807, 2.05) is 31.2 Å². The molecule has 104 valence electrons. The van der Waals surface area contributed by atoms with Gasteiger partial charge in [-0.15, -0.1) is 0 Å². The third-order valence-electron chi connectivity index (χ3n) is 2.75. The number of carbonyl (C=O) groups is 2. The number of nitrogens with zero attached hydrogens (tertiary/aromatic N) is 1. The van der Waals surface area contributed by atoms with Crippen molar-refractivity contribution in [3.63, 3.8) is 0 Å². The van der Waals surface area contributed by atoms with Crippen molar-refractivity contribution in [1.82, 2.24) is 4.90 Å². The Morgan fingerprint density at radius 3 is 2.63 bits per heavy atom. The number of carboxylic acids is 1. The van der Waals surface area contributed by atoms with Crippen molar-refractivity contribution in [1.29, 1.82) is 0 Å². The molecular formula is C14H19NO4. The maximum absolute atomic E-state index is 11.8. The lowest BCUT2D eigenvalue weighted by molar-refractivity contribution is -0.138. The van der Waals surface area contributed by atoms with Crippen molar-refractivity contribution in [2.75, 3.05) is 20.2 Å². The number of benzene rings is 1. The number of amides is 1. The largest absolute Gasteiger partial charge is 0.484 e. The fourth-order valence-corrected chi connectivity index (χ4v) is 1.56. The minimum absolute atomic E-state index is 0.0333. The summed E-state index contributed by atoms with van der Waals surface area (Å²) in [5, 5.41) is 8.52. The number of likely N-dealkylation sites (N-methyl/N-ethyl adjacent to an activating group) is 1. The molecule has 0 heterocycles. The summed E-state index contributed by atoms with van der Waals surface area (Å²) in [7, 11) is 1.64. The Balaban J connectivity index is 2.34. The highest BCUT2D eigenvalue weighted by Gasteiger charge is 2.10. The van der Waals surface area contributed by atoms with E-state index in [0.717, 1.165) is 5.56 Å². The van der Waals surface area contributed by atoms with Gasteiger partial charge < -0.3 is 14.7 Å². The van der Waals surface area contributed by atoms with Crippen LogP contribution in [0.25, 0.3) is 0 Å². The van der Waals surface area contributed by atoms with Gasteiger partial charge in [0.05, 0.1) is 0 Å². The van der Waals surface area contributed by atoms with Gasteiger partial charge in [0.25, 0.3) is 5.91 Å². The first-order valence-electron chi connectivity index (χ1n) is 6.15. The number of para-hydroxylation sites is 1. The lowest BCUT2D eigenvalue weighted by atomic mass is 10.2. The van der Waals surface area contributed by atoms with E-state index in [4.69, 9.17) is 9.84 Å². The Hall–Kier alpha value is -2.04. The van der Waals surface area contributed by atoms with Gasteiger partial charge in [0.1, 0.15) is 5.75 Å². The van der Waals surface area contributed by atoms with Crippen LogP contribution < -0.4 is 4.74 Å².